The molecule has 0 bridgehead atoms. The van der Waals surface area contributed by atoms with Crippen molar-refractivity contribution < 1.29 is 18.3 Å². The normalized spacial score (nSPS) is 10.8. The van der Waals surface area contributed by atoms with E-state index in [-0.39, 0.29) is 5.75 Å². The summed E-state index contributed by atoms with van der Waals surface area (Å²) in [5.41, 5.74) is 0.749. The van der Waals surface area contributed by atoms with Crippen LogP contribution in [0.4, 0.5) is 8.78 Å². The van der Waals surface area contributed by atoms with Gasteiger partial charge in [0.25, 0.3) is 0 Å². The second kappa shape index (κ2) is 5.11. The zero-order valence-corrected chi connectivity index (χ0v) is 7.19. The van der Waals surface area contributed by atoms with Crippen molar-refractivity contribution in [1.29, 1.82) is 0 Å². The Labute approximate surface area is 79.8 Å². The molecule has 1 aromatic rings. The molecular weight excluding hydrogens is 190 g/mol. The fourth-order valence-corrected chi connectivity index (χ4v) is 0.911. The first-order valence-corrected chi connectivity index (χ1v) is 3.89. The molecule has 0 radical (unpaired) electrons. The Bertz CT molecular complexity index is 317. The standard InChI is InChI=1S/C10H8F2O2/c11-10(12)14-9-5-3-8(4-6-9)2-1-7-13/h1-7,10H/b2-1+. The van der Waals surface area contributed by atoms with Gasteiger partial charge in [0.1, 0.15) is 12.0 Å². The van der Waals surface area contributed by atoms with E-state index in [0.29, 0.717) is 6.29 Å². The van der Waals surface area contributed by atoms with Gasteiger partial charge in [-0.1, -0.05) is 18.2 Å². The molecule has 0 saturated heterocycles. The molecule has 0 spiro atoms. The molecule has 0 heterocycles. The molecule has 0 amide bonds. The van der Waals surface area contributed by atoms with E-state index in [2.05, 4.69) is 4.74 Å². The predicted molar refractivity (Wildman–Crippen MR) is 48.2 cm³/mol. The zero-order chi connectivity index (χ0) is 10.4. The number of rotatable bonds is 4. The number of ether oxygens (including phenoxy) is 1. The first kappa shape index (κ1) is 10.4. The van der Waals surface area contributed by atoms with Crippen molar-refractivity contribution in [2.24, 2.45) is 0 Å². The van der Waals surface area contributed by atoms with Gasteiger partial charge in [-0.3, -0.25) is 4.79 Å². The summed E-state index contributed by atoms with van der Waals surface area (Å²) in [4.78, 5) is 9.98. The lowest BCUT2D eigenvalue weighted by atomic mass is 10.2. The van der Waals surface area contributed by atoms with Gasteiger partial charge in [0.15, 0.2) is 0 Å². The van der Waals surface area contributed by atoms with Crippen molar-refractivity contribution >= 4 is 12.4 Å². The van der Waals surface area contributed by atoms with Gasteiger partial charge in [-0.05, 0) is 23.8 Å². The highest BCUT2D eigenvalue weighted by Gasteiger charge is 2.02. The van der Waals surface area contributed by atoms with Gasteiger partial charge in [0.05, 0.1) is 0 Å². The number of allylic oxidation sites excluding steroid dienone is 1. The van der Waals surface area contributed by atoms with E-state index in [0.717, 1.165) is 5.56 Å². The molecule has 2 nitrogen and oxygen atoms in total. The minimum absolute atomic E-state index is 0.100. The Morgan fingerprint density at radius 3 is 2.36 bits per heavy atom. The molecule has 0 atom stereocenters. The van der Waals surface area contributed by atoms with Gasteiger partial charge in [-0.25, -0.2) is 0 Å². The fourth-order valence-electron chi connectivity index (χ4n) is 0.911. The molecular formula is C10H8F2O2. The van der Waals surface area contributed by atoms with E-state index in [1.807, 2.05) is 0 Å². The summed E-state index contributed by atoms with van der Waals surface area (Å²) < 4.78 is 27.6. The van der Waals surface area contributed by atoms with Crippen molar-refractivity contribution in [2.75, 3.05) is 0 Å². The minimum Gasteiger partial charge on any atom is -0.435 e. The van der Waals surface area contributed by atoms with Crippen LogP contribution in [-0.4, -0.2) is 12.9 Å². The average Bonchev–Trinajstić information content (AvgIpc) is 2.16. The molecule has 0 saturated carbocycles. The maximum absolute atomic E-state index is 11.7. The summed E-state index contributed by atoms with van der Waals surface area (Å²) in [6.45, 7) is -2.81. The highest BCUT2D eigenvalue weighted by molar-refractivity contribution is 5.73. The molecule has 74 valence electrons. The number of hydrogen-bond donors (Lipinski definition) is 0. The molecule has 1 rings (SSSR count). The Morgan fingerprint density at radius 2 is 1.86 bits per heavy atom. The highest BCUT2D eigenvalue weighted by Crippen LogP contribution is 2.15. The van der Waals surface area contributed by atoms with Crippen molar-refractivity contribution in [3.05, 3.63) is 35.9 Å². The SMILES string of the molecule is O=C/C=C/c1ccc(OC(F)F)cc1. The van der Waals surface area contributed by atoms with Gasteiger partial charge in [-0.15, -0.1) is 0 Å². The molecule has 0 unspecified atom stereocenters. The van der Waals surface area contributed by atoms with Crippen LogP contribution in [0.1, 0.15) is 5.56 Å². The maximum Gasteiger partial charge on any atom is 0.387 e. The van der Waals surface area contributed by atoms with Crippen molar-refractivity contribution in [3.63, 3.8) is 0 Å². The van der Waals surface area contributed by atoms with Crippen LogP contribution in [-0.2, 0) is 4.79 Å². The van der Waals surface area contributed by atoms with Gasteiger partial charge < -0.3 is 4.74 Å². The number of carbonyl (C=O) groups excluding carboxylic acids is 1. The number of alkyl halides is 2. The molecule has 0 aromatic heterocycles. The second-order valence-electron chi connectivity index (χ2n) is 2.44. The van der Waals surface area contributed by atoms with Crippen LogP contribution >= 0.6 is 0 Å². The van der Waals surface area contributed by atoms with E-state index < -0.39 is 6.61 Å². The third-order valence-electron chi connectivity index (χ3n) is 1.47. The fraction of sp³-hybridized carbons (Fsp3) is 0.100. The maximum atomic E-state index is 11.7. The lowest BCUT2D eigenvalue weighted by molar-refractivity contribution is -0.104. The largest absolute Gasteiger partial charge is 0.435 e. The smallest absolute Gasteiger partial charge is 0.387 e. The van der Waals surface area contributed by atoms with Crippen LogP contribution in [0.3, 0.4) is 0 Å². The molecule has 14 heavy (non-hydrogen) atoms. The van der Waals surface area contributed by atoms with E-state index in [9.17, 15) is 13.6 Å². The summed E-state index contributed by atoms with van der Waals surface area (Å²) >= 11 is 0. The van der Waals surface area contributed by atoms with Gasteiger partial charge in [-0.2, -0.15) is 8.78 Å². The third-order valence-corrected chi connectivity index (χ3v) is 1.47. The van der Waals surface area contributed by atoms with Crippen LogP contribution in [0.25, 0.3) is 6.08 Å². The molecule has 1 aromatic carbocycles. The van der Waals surface area contributed by atoms with Crippen LogP contribution < -0.4 is 4.74 Å². The first-order valence-electron chi connectivity index (χ1n) is 3.89. The van der Waals surface area contributed by atoms with Crippen LogP contribution in [0, 0.1) is 0 Å². The predicted octanol–water partition coefficient (Wildman–Crippen LogP) is 2.50. The summed E-state index contributed by atoms with van der Waals surface area (Å²) in [7, 11) is 0. The minimum atomic E-state index is -2.81. The van der Waals surface area contributed by atoms with E-state index in [4.69, 9.17) is 0 Å². The quantitative estimate of drug-likeness (QED) is 0.548. The van der Waals surface area contributed by atoms with Crippen molar-refractivity contribution in [3.8, 4) is 5.75 Å². The lowest BCUT2D eigenvalue weighted by Crippen LogP contribution is -2.01. The second-order valence-corrected chi connectivity index (χ2v) is 2.44. The van der Waals surface area contributed by atoms with Gasteiger partial charge in [0.2, 0.25) is 0 Å². The highest BCUT2D eigenvalue weighted by atomic mass is 19.3. The Balaban J connectivity index is 2.68. The third kappa shape index (κ3) is 3.35. The molecule has 0 fully saturated rings. The molecule has 0 N–H and O–H groups in total. The zero-order valence-electron chi connectivity index (χ0n) is 7.19. The van der Waals surface area contributed by atoms with E-state index in [1.54, 1.807) is 18.2 Å². The van der Waals surface area contributed by atoms with Crippen molar-refractivity contribution in [2.45, 2.75) is 6.61 Å². The van der Waals surface area contributed by atoms with Crippen LogP contribution in [0.2, 0.25) is 0 Å². The Hall–Kier alpha value is -1.71. The summed E-state index contributed by atoms with van der Waals surface area (Å²) in [5, 5.41) is 0. The number of aldehydes is 1. The lowest BCUT2D eigenvalue weighted by Gasteiger charge is -2.03. The number of benzene rings is 1. The summed E-state index contributed by atoms with van der Waals surface area (Å²) in [5.74, 6) is 0.100. The number of halogens is 2. The van der Waals surface area contributed by atoms with Crippen molar-refractivity contribution in [1.82, 2.24) is 0 Å². The average molecular weight is 198 g/mol. The molecule has 0 aliphatic rings. The first-order chi connectivity index (χ1) is 6.72. The Morgan fingerprint density at radius 1 is 1.21 bits per heavy atom. The number of hydrogen-bond acceptors (Lipinski definition) is 2. The van der Waals surface area contributed by atoms with Gasteiger partial charge >= 0.3 is 6.61 Å². The van der Waals surface area contributed by atoms with Crippen LogP contribution in [0.5, 0.6) is 5.75 Å². The van der Waals surface area contributed by atoms with E-state index in [1.165, 1.54) is 18.2 Å². The summed E-state index contributed by atoms with van der Waals surface area (Å²) in [6.07, 6.45) is 3.53. The molecule has 0 aliphatic carbocycles. The Kier molecular flexibility index (Phi) is 3.79. The summed E-state index contributed by atoms with van der Waals surface area (Å²) in [6, 6.07) is 5.99. The van der Waals surface area contributed by atoms with E-state index >= 15 is 0 Å². The molecule has 4 heteroatoms. The topological polar surface area (TPSA) is 26.3 Å². The molecule has 0 aliphatic heterocycles. The van der Waals surface area contributed by atoms with Gasteiger partial charge in [0, 0.05) is 0 Å². The number of carbonyl (C=O) groups is 1. The monoisotopic (exact) mass is 198 g/mol. The van der Waals surface area contributed by atoms with Crippen LogP contribution in [0.15, 0.2) is 30.3 Å².